The van der Waals surface area contributed by atoms with Crippen molar-refractivity contribution in [3.8, 4) is 6.07 Å². The third-order valence-corrected chi connectivity index (χ3v) is 5.86. The van der Waals surface area contributed by atoms with Gasteiger partial charge in [0.05, 0.1) is 17.2 Å². The second-order valence-electron chi connectivity index (χ2n) is 7.38. The Morgan fingerprint density at radius 2 is 1.96 bits per heavy atom. The summed E-state index contributed by atoms with van der Waals surface area (Å²) in [6.45, 7) is 0. The number of fused-ring (bicyclic) bond motifs is 2. The lowest BCUT2D eigenvalue weighted by molar-refractivity contribution is 0.00271. The van der Waals surface area contributed by atoms with E-state index in [9.17, 15) is 9.18 Å². The molecule has 2 saturated carbocycles. The third-order valence-electron chi connectivity index (χ3n) is 5.86. The van der Waals surface area contributed by atoms with Gasteiger partial charge in [-0.25, -0.2) is 9.18 Å². The molecule has 2 bridgehead atoms. The predicted molar refractivity (Wildman–Crippen MR) is 94.7 cm³/mol. The molecule has 0 amide bonds. The highest BCUT2D eigenvalue weighted by Gasteiger charge is 2.45. The van der Waals surface area contributed by atoms with Crippen LogP contribution >= 0.6 is 0 Å². The summed E-state index contributed by atoms with van der Waals surface area (Å²) in [5.74, 6) is 0.212. The minimum atomic E-state index is -0.714. The Hall–Kier alpha value is -2.67. The van der Waals surface area contributed by atoms with Crippen molar-refractivity contribution in [2.75, 3.05) is 0 Å². The Bertz CT molecular complexity index is 858. The van der Waals surface area contributed by atoms with Gasteiger partial charge in [-0.15, -0.1) is 0 Å². The van der Waals surface area contributed by atoms with Crippen molar-refractivity contribution >= 4 is 5.97 Å². The van der Waals surface area contributed by atoms with Gasteiger partial charge < -0.3 is 4.74 Å². The van der Waals surface area contributed by atoms with Gasteiger partial charge in [-0.1, -0.05) is 36.8 Å². The molecular weight excluding hydrogens is 329 g/mol. The summed E-state index contributed by atoms with van der Waals surface area (Å²) in [7, 11) is 0. The van der Waals surface area contributed by atoms with E-state index in [2.05, 4.69) is 0 Å². The standard InChI is InChI=1S/C22H20FNO2/c23-20-12-15(13-24)7-9-18(20)22(25)26-21(16-4-2-1-3-5-16)19-11-14-6-8-17(19)10-14/h1-5,7,9,12,14,17,19,21H,6,8,10-11H2. The van der Waals surface area contributed by atoms with Crippen molar-refractivity contribution < 1.29 is 13.9 Å². The van der Waals surface area contributed by atoms with Crippen LogP contribution in [0.4, 0.5) is 4.39 Å². The van der Waals surface area contributed by atoms with Gasteiger partial charge in [0.2, 0.25) is 0 Å². The molecule has 26 heavy (non-hydrogen) atoms. The topological polar surface area (TPSA) is 50.1 Å². The normalized spacial score (nSPS) is 24.8. The molecule has 0 saturated heterocycles. The van der Waals surface area contributed by atoms with E-state index in [1.54, 1.807) is 0 Å². The molecule has 0 aromatic heterocycles. The van der Waals surface area contributed by atoms with E-state index in [-0.39, 0.29) is 17.2 Å². The number of carbonyl (C=O) groups is 1. The molecule has 4 heteroatoms. The molecule has 0 N–H and O–H groups in total. The fourth-order valence-electron chi connectivity index (χ4n) is 4.64. The van der Waals surface area contributed by atoms with Crippen molar-refractivity contribution in [2.45, 2.75) is 31.8 Å². The van der Waals surface area contributed by atoms with E-state index in [1.807, 2.05) is 36.4 Å². The molecular formula is C22H20FNO2. The van der Waals surface area contributed by atoms with E-state index in [4.69, 9.17) is 10.00 Å². The van der Waals surface area contributed by atoms with Crippen molar-refractivity contribution in [1.82, 2.24) is 0 Å². The zero-order valence-corrected chi connectivity index (χ0v) is 14.4. The summed E-state index contributed by atoms with van der Waals surface area (Å²) in [6.07, 6.45) is 4.36. The van der Waals surface area contributed by atoms with Gasteiger partial charge in [0.25, 0.3) is 0 Å². The van der Waals surface area contributed by atoms with E-state index < -0.39 is 11.8 Å². The Kier molecular flexibility index (Phi) is 4.46. The first-order valence-corrected chi connectivity index (χ1v) is 9.11. The number of hydrogen-bond donors (Lipinski definition) is 0. The molecule has 0 heterocycles. The largest absolute Gasteiger partial charge is 0.454 e. The first kappa shape index (κ1) is 16.8. The van der Waals surface area contributed by atoms with Crippen LogP contribution in [0.5, 0.6) is 0 Å². The number of nitriles is 1. The van der Waals surface area contributed by atoms with Crippen LogP contribution < -0.4 is 0 Å². The van der Waals surface area contributed by atoms with Crippen LogP contribution in [0.15, 0.2) is 48.5 Å². The molecule has 2 aliphatic rings. The number of benzene rings is 2. The van der Waals surface area contributed by atoms with E-state index in [1.165, 1.54) is 31.4 Å². The van der Waals surface area contributed by atoms with Crippen LogP contribution in [0.1, 0.15) is 53.3 Å². The van der Waals surface area contributed by atoms with Crippen molar-refractivity contribution in [3.63, 3.8) is 0 Å². The second kappa shape index (κ2) is 6.92. The molecule has 4 atom stereocenters. The second-order valence-corrected chi connectivity index (χ2v) is 7.38. The first-order valence-electron chi connectivity index (χ1n) is 9.11. The lowest BCUT2D eigenvalue weighted by atomic mass is 9.82. The monoisotopic (exact) mass is 349 g/mol. The summed E-state index contributed by atoms with van der Waals surface area (Å²) in [5.41, 5.74) is 1.03. The van der Waals surface area contributed by atoms with Crippen LogP contribution in [-0.4, -0.2) is 5.97 Å². The van der Waals surface area contributed by atoms with Gasteiger partial charge in [0, 0.05) is 5.92 Å². The van der Waals surface area contributed by atoms with Gasteiger partial charge in [-0.3, -0.25) is 0 Å². The average molecular weight is 349 g/mol. The number of esters is 1. The van der Waals surface area contributed by atoms with Crippen molar-refractivity contribution in [2.24, 2.45) is 17.8 Å². The molecule has 2 aromatic rings. The van der Waals surface area contributed by atoms with Crippen LogP contribution in [0, 0.1) is 34.9 Å². The van der Waals surface area contributed by atoms with Crippen molar-refractivity contribution in [1.29, 1.82) is 5.26 Å². The summed E-state index contributed by atoms with van der Waals surface area (Å²) in [5, 5.41) is 8.86. The maximum Gasteiger partial charge on any atom is 0.341 e. The van der Waals surface area contributed by atoms with E-state index in [0.717, 1.165) is 24.0 Å². The highest BCUT2D eigenvalue weighted by molar-refractivity contribution is 5.90. The first-order chi connectivity index (χ1) is 12.7. The van der Waals surface area contributed by atoms with Crippen LogP contribution in [0.2, 0.25) is 0 Å². The maximum atomic E-state index is 14.2. The summed E-state index contributed by atoms with van der Waals surface area (Å²) < 4.78 is 20.1. The number of nitrogens with zero attached hydrogens (tertiary/aromatic N) is 1. The van der Waals surface area contributed by atoms with Crippen molar-refractivity contribution in [3.05, 3.63) is 71.0 Å². The molecule has 3 nitrogen and oxygen atoms in total. The zero-order chi connectivity index (χ0) is 18.1. The fraction of sp³-hybridized carbons (Fsp3) is 0.364. The Balaban J connectivity index is 1.61. The van der Waals surface area contributed by atoms with Crippen LogP contribution in [0.25, 0.3) is 0 Å². The lowest BCUT2D eigenvalue weighted by Gasteiger charge is -2.30. The zero-order valence-electron chi connectivity index (χ0n) is 14.4. The quantitative estimate of drug-likeness (QED) is 0.727. The number of rotatable bonds is 4. The number of halogens is 1. The molecule has 4 unspecified atom stereocenters. The minimum Gasteiger partial charge on any atom is -0.454 e. The smallest absolute Gasteiger partial charge is 0.341 e. The van der Waals surface area contributed by atoms with E-state index >= 15 is 0 Å². The van der Waals surface area contributed by atoms with E-state index in [0.29, 0.717) is 11.8 Å². The average Bonchev–Trinajstić information content (AvgIpc) is 3.30. The summed E-state index contributed by atoms with van der Waals surface area (Å²) in [6, 6.07) is 15.5. The third kappa shape index (κ3) is 3.10. The van der Waals surface area contributed by atoms with Gasteiger partial charge >= 0.3 is 5.97 Å². The predicted octanol–water partition coefficient (Wildman–Crippen LogP) is 5.03. The lowest BCUT2D eigenvalue weighted by Crippen LogP contribution is -2.24. The summed E-state index contributed by atoms with van der Waals surface area (Å²) >= 11 is 0. The Labute approximate surface area is 152 Å². The fourth-order valence-corrected chi connectivity index (χ4v) is 4.64. The molecule has 4 rings (SSSR count). The SMILES string of the molecule is N#Cc1ccc(C(=O)OC(c2ccccc2)C2CC3CCC2C3)c(F)c1. The molecule has 2 aromatic carbocycles. The van der Waals surface area contributed by atoms with Crippen LogP contribution in [0.3, 0.4) is 0 Å². The molecule has 132 valence electrons. The Morgan fingerprint density at radius 3 is 2.58 bits per heavy atom. The number of hydrogen-bond acceptors (Lipinski definition) is 3. The Morgan fingerprint density at radius 1 is 1.15 bits per heavy atom. The van der Waals surface area contributed by atoms with Gasteiger partial charge in [-0.05, 0) is 54.9 Å². The highest BCUT2D eigenvalue weighted by atomic mass is 19.1. The molecule has 0 spiro atoms. The molecule has 2 aliphatic carbocycles. The molecule has 0 radical (unpaired) electrons. The highest BCUT2D eigenvalue weighted by Crippen LogP contribution is 2.53. The van der Waals surface area contributed by atoms with Gasteiger partial charge in [-0.2, -0.15) is 5.26 Å². The molecule has 0 aliphatic heterocycles. The maximum absolute atomic E-state index is 14.2. The minimum absolute atomic E-state index is 0.118. The molecule has 2 fully saturated rings. The van der Waals surface area contributed by atoms with Gasteiger partial charge in [0.15, 0.2) is 0 Å². The summed E-state index contributed by atoms with van der Waals surface area (Å²) in [4.78, 5) is 12.7. The van der Waals surface area contributed by atoms with Crippen LogP contribution in [-0.2, 0) is 4.74 Å². The number of carbonyl (C=O) groups excluding carboxylic acids is 1. The van der Waals surface area contributed by atoms with Gasteiger partial charge in [0.1, 0.15) is 11.9 Å². The number of ether oxygens (including phenoxy) is 1.